The van der Waals surface area contributed by atoms with Crippen LogP contribution in [-0.2, 0) is 14.3 Å². The number of carbonyl (C=O) groups is 2. The maximum absolute atomic E-state index is 11.1. The molecule has 13 heavy (non-hydrogen) atoms. The molecule has 0 bridgehead atoms. The molecule has 0 aromatic rings. The van der Waals surface area contributed by atoms with Crippen molar-refractivity contribution in [3.05, 3.63) is 11.6 Å². The molecule has 0 aliphatic rings. The molecule has 0 saturated carbocycles. The van der Waals surface area contributed by atoms with Crippen LogP contribution in [0.2, 0.25) is 0 Å². The van der Waals surface area contributed by atoms with Gasteiger partial charge in [-0.3, -0.25) is 4.79 Å². The van der Waals surface area contributed by atoms with Gasteiger partial charge in [0.2, 0.25) is 0 Å². The minimum absolute atomic E-state index is 0.0206. The normalized spacial score (nSPS) is 11.2. The Bertz CT molecular complexity index is 216. The van der Waals surface area contributed by atoms with Gasteiger partial charge in [-0.2, -0.15) is 0 Å². The van der Waals surface area contributed by atoms with Gasteiger partial charge in [0.05, 0.1) is 7.11 Å². The molecule has 0 unspecified atom stereocenters. The lowest BCUT2D eigenvalue weighted by atomic mass is 10.1. The van der Waals surface area contributed by atoms with Gasteiger partial charge in [0, 0.05) is 12.0 Å². The van der Waals surface area contributed by atoms with E-state index in [0.717, 1.165) is 12.8 Å². The highest BCUT2D eigenvalue weighted by molar-refractivity contribution is 5.95. The molecule has 0 heterocycles. The summed E-state index contributed by atoms with van der Waals surface area (Å²) in [5, 5.41) is 0. The van der Waals surface area contributed by atoms with Crippen molar-refractivity contribution in [2.45, 2.75) is 33.1 Å². The first-order valence-electron chi connectivity index (χ1n) is 4.38. The van der Waals surface area contributed by atoms with Crippen molar-refractivity contribution < 1.29 is 14.3 Å². The Labute approximate surface area is 78.8 Å². The minimum atomic E-state index is -0.399. The quantitative estimate of drug-likeness (QED) is 0.484. The van der Waals surface area contributed by atoms with Gasteiger partial charge in [0.15, 0.2) is 0 Å². The molecule has 0 N–H and O–H groups in total. The molecular weight excluding hydrogens is 168 g/mol. The van der Waals surface area contributed by atoms with Gasteiger partial charge in [-0.05, 0) is 13.3 Å². The number of ether oxygens (including phenoxy) is 1. The molecule has 0 saturated heterocycles. The van der Waals surface area contributed by atoms with Gasteiger partial charge in [0.25, 0.3) is 0 Å². The van der Waals surface area contributed by atoms with Crippen molar-refractivity contribution in [1.82, 2.24) is 0 Å². The van der Waals surface area contributed by atoms with Crippen molar-refractivity contribution in [2.75, 3.05) is 7.11 Å². The van der Waals surface area contributed by atoms with E-state index >= 15 is 0 Å². The van der Waals surface area contributed by atoms with Crippen molar-refractivity contribution in [2.24, 2.45) is 0 Å². The number of unbranched alkanes of at least 4 members (excludes halogenated alkanes) is 1. The van der Waals surface area contributed by atoms with Crippen molar-refractivity contribution in [1.29, 1.82) is 0 Å². The number of allylic oxidation sites excluding steroid dienone is 1. The van der Waals surface area contributed by atoms with Crippen LogP contribution in [0, 0.1) is 0 Å². The maximum Gasteiger partial charge on any atom is 0.333 e. The van der Waals surface area contributed by atoms with Crippen LogP contribution in [0.3, 0.4) is 0 Å². The molecule has 74 valence electrons. The van der Waals surface area contributed by atoms with Gasteiger partial charge in [-0.1, -0.05) is 19.4 Å². The minimum Gasteiger partial charge on any atom is -0.466 e. The third kappa shape index (κ3) is 5.17. The largest absolute Gasteiger partial charge is 0.466 e. The third-order valence-corrected chi connectivity index (χ3v) is 1.57. The fourth-order valence-electron chi connectivity index (χ4n) is 0.946. The van der Waals surface area contributed by atoms with Crippen molar-refractivity contribution >= 4 is 11.8 Å². The summed E-state index contributed by atoms with van der Waals surface area (Å²) in [7, 11) is 1.32. The zero-order valence-corrected chi connectivity index (χ0v) is 8.42. The number of esters is 1. The average molecular weight is 184 g/mol. The highest BCUT2D eigenvalue weighted by atomic mass is 16.5. The summed E-state index contributed by atoms with van der Waals surface area (Å²) in [6.07, 6.45) is 3.70. The van der Waals surface area contributed by atoms with Crippen molar-refractivity contribution in [3.8, 4) is 0 Å². The van der Waals surface area contributed by atoms with Gasteiger partial charge >= 0.3 is 5.97 Å². The Morgan fingerprint density at radius 3 is 2.38 bits per heavy atom. The lowest BCUT2D eigenvalue weighted by Gasteiger charge is -2.02. The first-order valence-corrected chi connectivity index (χ1v) is 4.38. The summed E-state index contributed by atoms with van der Waals surface area (Å²) in [6, 6.07) is 0. The van der Waals surface area contributed by atoms with Crippen molar-refractivity contribution in [3.63, 3.8) is 0 Å². The Kier molecular flexibility index (Phi) is 5.85. The molecule has 0 rings (SSSR count). The standard InChI is InChI=1S/C10H16O3/c1-4-5-6-9(7-8(2)11)10(12)13-3/h6H,4-5,7H2,1-3H3/b9-6+. The zero-order chi connectivity index (χ0) is 10.3. The highest BCUT2D eigenvalue weighted by Crippen LogP contribution is 2.07. The Hall–Kier alpha value is -1.12. The lowest BCUT2D eigenvalue weighted by molar-refractivity contribution is -0.137. The highest BCUT2D eigenvalue weighted by Gasteiger charge is 2.10. The number of hydrogen-bond acceptors (Lipinski definition) is 3. The topological polar surface area (TPSA) is 43.4 Å². The predicted molar refractivity (Wildman–Crippen MR) is 50.3 cm³/mol. The first kappa shape index (κ1) is 11.9. The Morgan fingerprint density at radius 2 is 2.00 bits per heavy atom. The SMILES string of the molecule is CCC/C=C(\CC(C)=O)C(=O)OC. The van der Waals surface area contributed by atoms with Crippen LogP contribution < -0.4 is 0 Å². The monoisotopic (exact) mass is 184 g/mol. The fourth-order valence-corrected chi connectivity index (χ4v) is 0.946. The third-order valence-electron chi connectivity index (χ3n) is 1.57. The van der Waals surface area contributed by atoms with Crippen LogP contribution in [0.15, 0.2) is 11.6 Å². The summed E-state index contributed by atoms with van der Waals surface area (Å²) in [5.74, 6) is -0.420. The smallest absolute Gasteiger partial charge is 0.333 e. The number of hydrogen-bond donors (Lipinski definition) is 0. The molecule has 0 aliphatic heterocycles. The van der Waals surface area contributed by atoms with Crippen LogP contribution in [0.4, 0.5) is 0 Å². The molecule has 0 aromatic heterocycles. The van der Waals surface area contributed by atoms with Gasteiger partial charge in [0.1, 0.15) is 5.78 Å². The van der Waals surface area contributed by atoms with E-state index in [-0.39, 0.29) is 12.2 Å². The molecule has 0 fully saturated rings. The molecule has 3 heteroatoms. The molecule has 0 amide bonds. The second-order valence-corrected chi connectivity index (χ2v) is 2.89. The summed E-state index contributed by atoms with van der Waals surface area (Å²) < 4.78 is 4.55. The first-order chi connectivity index (χ1) is 6.11. The number of Topliss-reactive ketones (excluding diaryl/α,β-unsaturated/α-hetero) is 1. The number of ketones is 1. The maximum atomic E-state index is 11.1. The van der Waals surface area contributed by atoms with E-state index in [0.29, 0.717) is 5.57 Å². The van der Waals surface area contributed by atoms with E-state index in [1.54, 1.807) is 6.08 Å². The number of carbonyl (C=O) groups excluding carboxylic acids is 2. The number of rotatable bonds is 5. The molecule has 0 aliphatic carbocycles. The van der Waals surface area contributed by atoms with Crippen LogP contribution in [0.25, 0.3) is 0 Å². The molecule has 0 aromatic carbocycles. The summed E-state index contributed by atoms with van der Waals surface area (Å²) in [5.41, 5.74) is 0.469. The molecular formula is C10H16O3. The second kappa shape index (κ2) is 6.40. The Balaban J connectivity index is 4.35. The Morgan fingerprint density at radius 1 is 1.38 bits per heavy atom. The lowest BCUT2D eigenvalue weighted by Crippen LogP contribution is -2.08. The van der Waals surface area contributed by atoms with Crippen LogP contribution >= 0.6 is 0 Å². The average Bonchev–Trinajstić information content (AvgIpc) is 2.10. The van der Waals surface area contributed by atoms with E-state index < -0.39 is 5.97 Å². The zero-order valence-electron chi connectivity index (χ0n) is 8.42. The van der Waals surface area contributed by atoms with Gasteiger partial charge in [-0.15, -0.1) is 0 Å². The van der Waals surface area contributed by atoms with Gasteiger partial charge < -0.3 is 4.74 Å². The predicted octanol–water partition coefficient (Wildman–Crippen LogP) is 1.86. The van der Waals surface area contributed by atoms with E-state index in [9.17, 15) is 9.59 Å². The van der Waals surface area contributed by atoms with E-state index in [1.807, 2.05) is 6.92 Å². The fraction of sp³-hybridized carbons (Fsp3) is 0.600. The van der Waals surface area contributed by atoms with E-state index in [4.69, 9.17) is 0 Å². The second-order valence-electron chi connectivity index (χ2n) is 2.89. The van der Waals surface area contributed by atoms with E-state index in [2.05, 4.69) is 4.74 Å². The molecule has 0 spiro atoms. The van der Waals surface area contributed by atoms with Crippen LogP contribution in [-0.4, -0.2) is 18.9 Å². The van der Waals surface area contributed by atoms with Crippen LogP contribution in [0.5, 0.6) is 0 Å². The van der Waals surface area contributed by atoms with Gasteiger partial charge in [-0.25, -0.2) is 4.79 Å². The van der Waals surface area contributed by atoms with Crippen LogP contribution in [0.1, 0.15) is 33.1 Å². The summed E-state index contributed by atoms with van der Waals surface area (Å²) in [4.78, 5) is 21.9. The summed E-state index contributed by atoms with van der Waals surface area (Å²) in [6.45, 7) is 3.47. The molecule has 3 nitrogen and oxygen atoms in total. The van der Waals surface area contributed by atoms with E-state index in [1.165, 1.54) is 14.0 Å². The molecule has 0 radical (unpaired) electrons. The molecule has 0 atom stereocenters. The number of methoxy groups -OCH3 is 1. The summed E-state index contributed by atoms with van der Waals surface area (Å²) >= 11 is 0.